The molecule has 0 aliphatic carbocycles. The van der Waals surface area contributed by atoms with Crippen molar-refractivity contribution in [1.82, 2.24) is 0 Å². The predicted octanol–water partition coefficient (Wildman–Crippen LogP) is 4.44. The molecule has 0 aromatic heterocycles. The minimum absolute atomic E-state index is 0.621. The molecular formula is C13H9BrN2S. The number of hydrogen-bond donors (Lipinski definition) is 1. The molecule has 0 amide bonds. The van der Waals surface area contributed by atoms with E-state index in [1.807, 2.05) is 48.5 Å². The third-order valence-electron chi connectivity index (χ3n) is 2.15. The van der Waals surface area contributed by atoms with Crippen LogP contribution in [-0.2, 0) is 0 Å². The van der Waals surface area contributed by atoms with Crippen molar-refractivity contribution in [2.75, 3.05) is 4.72 Å². The maximum Gasteiger partial charge on any atom is 0.103 e. The van der Waals surface area contributed by atoms with Crippen LogP contribution in [0, 0.1) is 11.3 Å². The molecule has 0 bridgehead atoms. The summed E-state index contributed by atoms with van der Waals surface area (Å²) < 4.78 is 3.99. The van der Waals surface area contributed by atoms with Crippen LogP contribution in [0.1, 0.15) is 5.56 Å². The van der Waals surface area contributed by atoms with Crippen LogP contribution in [-0.4, -0.2) is 0 Å². The zero-order valence-corrected chi connectivity index (χ0v) is 11.3. The number of anilines is 1. The van der Waals surface area contributed by atoms with Gasteiger partial charge in [0, 0.05) is 9.37 Å². The van der Waals surface area contributed by atoms with E-state index in [2.05, 4.69) is 26.7 Å². The monoisotopic (exact) mass is 304 g/mol. The highest BCUT2D eigenvalue weighted by Crippen LogP contribution is 2.28. The Morgan fingerprint density at radius 2 is 1.82 bits per heavy atom. The molecule has 2 aromatic carbocycles. The highest BCUT2D eigenvalue weighted by Gasteiger charge is 2.05. The van der Waals surface area contributed by atoms with Gasteiger partial charge in [-0.05, 0) is 52.1 Å². The van der Waals surface area contributed by atoms with Crippen molar-refractivity contribution in [3.8, 4) is 6.07 Å². The zero-order chi connectivity index (χ0) is 12.1. The maximum atomic E-state index is 9.07. The van der Waals surface area contributed by atoms with Gasteiger partial charge in [-0.25, -0.2) is 0 Å². The lowest BCUT2D eigenvalue weighted by Gasteiger charge is -2.07. The molecule has 0 aliphatic rings. The molecule has 2 rings (SSSR count). The third kappa shape index (κ3) is 3.02. The average Bonchev–Trinajstić information content (AvgIpc) is 2.37. The Balaban J connectivity index is 2.15. The van der Waals surface area contributed by atoms with E-state index in [1.165, 1.54) is 11.9 Å². The van der Waals surface area contributed by atoms with Gasteiger partial charge in [-0.2, -0.15) is 5.26 Å². The van der Waals surface area contributed by atoms with Crippen molar-refractivity contribution in [2.45, 2.75) is 4.90 Å². The molecule has 0 heterocycles. The minimum Gasteiger partial charge on any atom is -0.324 e. The minimum atomic E-state index is 0.621. The Morgan fingerprint density at radius 3 is 2.53 bits per heavy atom. The Morgan fingerprint density at radius 1 is 1.06 bits per heavy atom. The Hall–Kier alpha value is -1.44. The quantitative estimate of drug-likeness (QED) is 0.852. The predicted molar refractivity (Wildman–Crippen MR) is 74.8 cm³/mol. The summed E-state index contributed by atoms with van der Waals surface area (Å²) in [5.74, 6) is 0. The lowest BCUT2D eigenvalue weighted by Crippen LogP contribution is -1.91. The van der Waals surface area contributed by atoms with E-state index >= 15 is 0 Å². The van der Waals surface area contributed by atoms with Gasteiger partial charge in [0.2, 0.25) is 0 Å². The van der Waals surface area contributed by atoms with Crippen molar-refractivity contribution in [2.24, 2.45) is 0 Å². The van der Waals surface area contributed by atoms with Crippen molar-refractivity contribution in [3.05, 3.63) is 58.6 Å². The standard InChI is InChI=1S/C13H9BrN2S/c14-12-7-4-8-13(11(12)9-15)16-17-10-5-2-1-3-6-10/h1-8,16H. The first kappa shape index (κ1) is 12.0. The topological polar surface area (TPSA) is 35.8 Å². The van der Waals surface area contributed by atoms with Gasteiger partial charge in [0.15, 0.2) is 0 Å². The summed E-state index contributed by atoms with van der Waals surface area (Å²) in [6.07, 6.45) is 0. The van der Waals surface area contributed by atoms with Crippen LogP contribution in [0.15, 0.2) is 57.9 Å². The van der Waals surface area contributed by atoms with Crippen LogP contribution in [0.3, 0.4) is 0 Å². The molecule has 4 heteroatoms. The van der Waals surface area contributed by atoms with Crippen LogP contribution in [0.5, 0.6) is 0 Å². The molecule has 2 nitrogen and oxygen atoms in total. The molecule has 0 fully saturated rings. The number of nitriles is 1. The fraction of sp³-hybridized carbons (Fsp3) is 0. The second-order valence-electron chi connectivity index (χ2n) is 3.29. The Kier molecular flexibility index (Phi) is 4.08. The SMILES string of the molecule is N#Cc1c(Br)cccc1NSc1ccccc1. The van der Waals surface area contributed by atoms with E-state index in [0.29, 0.717) is 5.56 Å². The Bertz CT molecular complexity index is 549. The molecule has 84 valence electrons. The Labute approximate surface area is 113 Å². The van der Waals surface area contributed by atoms with Gasteiger partial charge in [0.1, 0.15) is 6.07 Å². The summed E-state index contributed by atoms with van der Waals surface area (Å²) in [5.41, 5.74) is 1.44. The molecule has 0 radical (unpaired) electrons. The number of benzene rings is 2. The number of rotatable bonds is 3. The smallest absolute Gasteiger partial charge is 0.103 e. The van der Waals surface area contributed by atoms with Gasteiger partial charge in [0.05, 0.1) is 11.3 Å². The second-order valence-corrected chi connectivity index (χ2v) is 5.03. The van der Waals surface area contributed by atoms with Crippen molar-refractivity contribution < 1.29 is 0 Å². The highest BCUT2D eigenvalue weighted by atomic mass is 79.9. The molecule has 0 atom stereocenters. The molecular weight excluding hydrogens is 296 g/mol. The lowest BCUT2D eigenvalue weighted by molar-refractivity contribution is 1.45. The summed E-state index contributed by atoms with van der Waals surface area (Å²) in [7, 11) is 0. The first-order valence-corrected chi connectivity index (χ1v) is 6.59. The third-order valence-corrected chi connectivity index (χ3v) is 3.64. The van der Waals surface area contributed by atoms with Crippen molar-refractivity contribution in [3.63, 3.8) is 0 Å². The molecule has 1 N–H and O–H groups in total. The number of hydrogen-bond acceptors (Lipinski definition) is 3. The van der Waals surface area contributed by atoms with Gasteiger partial charge in [-0.3, -0.25) is 0 Å². The van der Waals surface area contributed by atoms with E-state index in [4.69, 9.17) is 5.26 Å². The summed E-state index contributed by atoms with van der Waals surface area (Å²) >= 11 is 4.85. The summed E-state index contributed by atoms with van der Waals surface area (Å²) in [5, 5.41) is 9.07. The van der Waals surface area contributed by atoms with E-state index in [9.17, 15) is 0 Å². The van der Waals surface area contributed by atoms with Crippen molar-refractivity contribution in [1.29, 1.82) is 5.26 Å². The van der Waals surface area contributed by atoms with Gasteiger partial charge < -0.3 is 4.72 Å². The molecule has 2 aromatic rings. The average molecular weight is 305 g/mol. The van der Waals surface area contributed by atoms with Gasteiger partial charge in [-0.15, -0.1) is 0 Å². The van der Waals surface area contributed by atoms with E-state index in [0.717, 1.165) is 15.1 Å². The van der Waals surface area contributed by atoms with Crippen molar-refractivity contribution >= 4 is 33.6 Å². The van der Waals surface area contributed by atoms with Gasteiger partial charge in [-0.1, -0.05) is 24.3 Å². The molecule has 0 spiro atoms. The summed E-state index contributed by atoms with van der Waals surface area (Å²) in [6, 6.07) is 17.8. The highest BCUT2D eigenvalue weighted by molar-refractivity contribution is 9.10. The number of nitrogens with one attached hydrogen (secondary N) is 1. The molecule has 17 heavy (non-hydrogen) atoms. The molecule has 0 unspecified atom stereocenters. The zero-order valence-electron chi connectivity index (χ0n) is 8.85. The maximum absolute atomic E-state index is 9.07. The number of halogens is 1. The normalized spacial score (nSPS) is 9.65. The molecule has 0 aliphatic heterocycles. The van der Waals surface area contributed by atoms with Gasteiger partial charge in [0.25, 0.3) is 0 Å². The lowest BCUT2D eigenvalue weighted by atomic mass is 10.2. The van der Waals surface area contributed by atoms with Crippen LogP contribution in [0.25, 0.3) is 0 Å². The first-order chi connectivity index (χ1) is 8.31. The molecule has 0 saturated carbocycles. The first-order valence-electron chi connectivity index (χ1n) is 4.98. The molecule has 0 saturated heterocycles. The van der Waals surface area contributed by atoms with E-state index < -0.39 is 0 Å². The largest absolute Gasteiger partial charge is 0.324 e. The fourth-order valence-electron chi connectivity index (χ4n) is 1.33. The summed E-state index contributed by atoms with van der Waals surface area (Å²) in [4.78, 5) is 1.11. The van der Waals surface area contributed by atoms with Gasteiger partial charge >= 0.3 is 0 Å². The fourth-order valence-corrected chi connectivity index (χ4v) is 2.47. The second kappa shape index (κ2) is 5.76. The summed E-state index contributed by atoms with van der Waals surface area (Å²) in [6.45, 7) is 0. The van der Waals surface area contributed by atoms with Crippen LogP contribution in [0.4, 0.5) is 5.69 Å². The number of nitrogens with zero attached hydrogens (tertiary/aromatic N) is 1. The van der Waals surface area contributed by atoms with E-state index in [1.54, 1.807) is 0 Å². The van der Waals surface area contributed by atoms with E-state index in [-0.39, 0.29) is 0 Å². The van der Waals surface area contributed by atoms with Crippen LogP contribution < -0.4 is 4.72 Å². The van der Waals surface area contributed by atoms with Crippen LogP contribution in [0.2, 0.25) is 0 Å². The van der Waals surface area contributed by atoms with Crippen LogP contribution >= 0.6 is 27.9 Å².